The third kappa shape index (κ3) is 3.30. The molecule has 2 atom stereocenters. The van der Waals surface area contributed by atoms with E-state index in [1.54, 1.807) is 0 Å². The fourth-order valence-electron chi connectivity index (χ4n) is 1.89. The average Bonchev–Trinajstić information content (AvgIpc) is 2.18. The Morgan fingerprint density at radius 2 is 1.92 bits per heavy atom. The van der Waals surface area contributed by atoms with Crippen molar-refractivity contribution in [3.63, 3.8) is 0 Å². The molecule has 80 valence electrons. The molecule has 0 aromatic carbocycles. The molecule has 1 fully saturated rings. The maximum atomic E-state index is 2.43. The molecule has 0 aromatic heterocycles. The molecule has 0 amide bonds. The van der Waals surface area contributed by atoms with Crippen LogP contribution >= 0.6 is 0 Å². The van der Waals surface area contributed by atoms with Crippen LogP contribution in [0.15, 0.2) is 0 Å². The fourth-order valence-corrected chi connectivity index (χ4v) is 1.89. The minimum atomic E-state index is 0.630. The van der Waals surface area contributed by atoms with E-state index in [9.17, 15) is 0 Å². The molecular formula is C12H27N. The van der Waals surface area contributed by atoms with E-state index in [0.29, 0.717) is 5.41 Å². The Kier molecular flexibility index (Phi) is 5.62. The quantitative estimate of drug-likeness (QED) is 0.651. The van der Waals surface area contributed by atoms with Gasteiger partial charge in [-0.15, -0.1) is 0 Å². The van der Waals surface area contributed by atoms with Crippen molar-refractivity contribution in [2.75, 3.05) is 20.1 Å². The Labute approximate surface area is 84.5 Å². The second-order valence-electron chi connectivity index (χ2n) is 4.42. The molecule has 1 rings (SSSR count). The lowest BCUT2D eigenvalue weighted by atomic mass is 9.62. The third-order valence-electron chi connectivity index (χ3n) is 3.51. The minimum absolute atomic E-state index is 0.630. The molecule has 0 aromatic rings. The molecule has 0 spiro atoms. The van der Waals surface area contributed by atoms with Crippen LogP contribution in [0.5, 0.6) is 0 Å². The second kappa shape index (κ2) is 5.64. The van der Waals surface area contributed by atoms with Gasteiger partial charge in [-0.2, -0.15) is 0 Å². The molecular weight excluding hydrogens is 158 g/mol. The first-order valence-electron chi connectivity index (χ1n) is 5.77. The van der Waals surface area contributed by atoms with Crippen LogP contribution in [-0.4, -0.2) is 25.0 Å². The zero-order valence-corrected chi connectivity index (χ0v) is 10.4. The summed E-state index contributed by atoms with van der Waals surface area (Å²) in [6.45, 7) is 13.5. The summed E-state index contributed by atoms with van der Waals surface area (Å²) in [5.41, 5.74) is 0.630. The lowest BCUT2D eigenvalue weighted by Gasteiger charge is -2.47. The van der Waals surface area contributed by atoms with Gasteiger partial charge in [0.2, 0.25) is 0 Å². The van der Waals surface area contributed by atoms with Crippen molar-refractivity contribution < 1.29 is 0 Å². The van der Waals surface area contributed by atoms with E-state index in [0.717, 1.165) is 5.92 Å². The van der Waals surface area contributed by atoms with Crippen LogP contribution in [0, 0.1) is 11.3 Å². The van der Waals surface area contributed by atoms with E-state index in [1.165, 1.54) is 25.9 Å². The number of rotatable bonds is 3. The van der Waals surface area contributed by atoms with Crippen LogP contribution < -0.4 is 0 Å². The summed E-state index contributed by atoms with van der Waals surface area (Å²) in [6.07, 6.45) is 2.87. The van der Waals surface area contributed by atoms with E-state index in [2.05, 4.69) is 32.7 Å². The summed E-state index contributed by atoms with van der Waals surface area (Å²) in [5.74, 6) is 0.941. The van der Waals surface area contributed by atoms with E-state index in [-0.39, 0.29) is 0 Å². The third-order valence-corrected chi connectivity index (χ3v) is 3.51. The minimum Gasteiger partial charge on any atom is -0.306 e. The molecule has 1 saturated carbocycles. The van der Waals surface area contributed by atoms with Gasteiger partial charge in [-0.1, -0.05) is 34.6 Å². The predicted molar refractivity (Wildman–Crippen MR) is 61.0 cm³/mol. The Hall–Kier alpha value is -0.0400. The standard InChI is InChI=1S/C10H21N.C2H6/c1-5-11(4)8-10(3)7-6-9(10)2;1-2/h9H,5-8H2,1-4H3;1-2H3/t9?,10-;/m0./s1. The van der Waals surface area contributed by atoms with Gasteiger partial charge in [-0.3, -0.25) is 0 Å². The van der Waals surface area contributed by atoms with Crippen LogP contribution in [0.4, 0.5) is 0 Å². The van der Waals surface area contributed by atoms with Crippen LogP contribution in [0.1, 0.15) is 47.5 Å². The molecule has 1 nitrogen and oxygen atoms in total. The Morgan fingerprint density at radius 1 is 1.38 bits per heavy atom. The van der Waals surface area contributed by atoms with Gasteiger partial charge in [-0.25, -0.2) is 0 Å². The van der Waals surface area contributed by atoms with Gasteiger partial charge in [0.1, 0.15) is 0 Å². The molecule has 0 saturated heterocycles. The van der Waals surface area contributed by atoms with Crippen molar-refractivity contribution in [2.45, 2.75) is 47.5 Å². The zero-order valence-electron chi connectivity index (χ0n) is 10.4. The first-order chi connectivity index (χ1) is 6.08. The van der Waals surface area contributed by atoms with Crippen molar-refractivity contribution in [1.82, 2.24) is 4.90 Å². The van der Waals surface area contributed by atoms with Crippen molar-refractivity contribution in [3.8, 4) is 0 Å². The van der Waals surface area contributed by atoms with Gasteiger partial charge in [0.15, 0.2) is 0 Å². The van der Waals surface area contributed by atoms with Gasteiger partial charge in [0.25, 0.3) is 0 Å². The van der Waals surface area contributed by atoms with Crippen molar-refractivity contribution >= 4 is 0 Å². The molecule has 0 bridgehead atoms. The van der Waals surface area contributed by atoms with Gasteiger partial charge >= 0.3 is 0 Å². The largest absolute Gasteiger partial charge is 0.306 e. The average molecular weight is 185 g/mol. The van der Waals surface area contributed by atoms with Crippen molar-refractivity contribution in [2.24, 2.45) is 11.3 Å². The molecule has 1 aliphatic carbocycles. The molecule has 0 heterocycles. The van der Waals surface area contributed by atoms with E-state index in [4.69, 9.17) is 0 Å². The molecule has 0 radical (unpaired) electrons. The highest BCUT2D eigenvalue weighted by Crippen LogP contribution is 2.46. The second-order valence-corrected chi connectivity index (χ2v) is 4.42. The highest BCUT2D eigenvalue weighted by atomic mass is 15.1. The molecule has 0 N–H and O–H groups in total. The van der Waals surface area contributed by atoms with Crippen LogP contribution in [-0.2, 0) is 0 Å². The van der Waals surface area contributed by atoms with E-state index in [1.807, 2.05) is 13.8 Å². The summed E-state index contributed by atoms with van der Waals surface area (Å²) in [6, 6.07) is 0. The highest BCUT2D eigenvalue weighted by Gasteiger charge is 2.39. The van der Waals surface area contributed by atoms with Crippen molar-refractivity contribution in [1.29, 1.82) is 0 Å². The van der Waals surface area contributed by atoms with E-state index >= 15 is 0 Å². The molecule has 0 aliphatic heterocycles. The highest BCUT2D eigenvalue weighted by molar-refractivity contribution is 4.91. The van der Waals surface area contributed by atoms with Crippen molar-refractivity contribution in [3.05, 3.63) is 0 Å². The first kappa shape index (κ1) is 13.0. The Balaban J connectivity index is 0.000000671. The predicted octanol–water partition coefficient (Wildman–Crippen LogP) is 3.40. The molecule has 1 unspecified atom stereocenters. The normalized spacial score (nSPS) is 32.1. The number of nitrogens with zero attached hydrogens (tertiary/aromatic N) is 1. The first-order valence-corrected chi connectivity index (χ1v) is 5.77. The Bertz CT molecular complexity index is 133. The molecule has 1 heteroatoms. The van der Waals surface area contributed by atoms with Crippen LogP contribution in [0.3, 0.4) is 0 Å². The topological polar surface area (TPSA) is 3.24 Å². The lowest BCUT2D eigenvalue weighted by molar-refractivity contribution is 0.0300. The summed E-state index contributed by atoms with van der Waals surface area (Å²) < 4.78 is 0. The smallest absolute Gasteiger partial charge is 0.00347 e. The summed E-state index contributed by atoms with van der Waals surface area (Å²) in [5, 5.41) is 0. The lowest BCUT2D eigenvalue weighted by Crippen LogP contribution is -2.44. The SMILES string of the molecule is CC.CCN(C)C[C@]1(C)CCC1C. The summed E-state index contributed by atoms with van der Waals surface area (Å²) in [4.78, 5) is 2.43. The van der Waals surface area contributed by atoms with Gasteiger partial charge in [0.05, 0.1) is 0 Å². The maximum absolute atomic E-state index is 2.43. The van der Waals surface area contributed by atoms with Gasteiger partial charge in [-0.05, 0) is 37.8 Å². The zero-order chi connectivity index (χ0) is 10.5. The van der Waals surface area contributed by atoms with Gasteiger partial charge < -0.3 is 4.90 Å². The fraction of sp³-hybridized carbons (Fsp3) is 1.00. The maximum Gasteiger partial charge on any atom is 0.00347 e. The van der Waals surface area contributed by atoms with Gasteiger partial charge in [0, 0.05) is 6.54 Å². The summed E-state index contributed by atoms with van der Waals surface area (Å²) >= 11 is 0. The molecule has 13 heavy (non-hydrogen) atoms. The monoisotopic (exact) mass is 185 g/mol. The van der Waals surface area contributed by atoms with E-state index < -0.39 is 0 Å². The van der Waals surface area contributed by atoms with Crippen LogP contribution in [0.2, 0.25) is 0 Å². The summed E-state index contributed by atoms with van der Waals surface area (Å²) in [7, 11) is 2.22. The number of hydrogen-bond donors (Lipinski definition) is 0. The Morgan fingerprint density at radius 3 is 2.15 bits per heavy atom. The van der Waals surface area contributed by atoms with Crippen LogP contribution in [0.25, 0.3) is 0 Å². The molecule has 1 aliphatic rings. The number of hydrogen-bond acceptors (Lipinski definition) is 1.